The van der Waals surface area contributed by atoms with Crippen LogP contribution in [0.15, 0.2) is 24.3 Å². The summed E-state index contributed by atoms with van der Waals surface area (Å²) in [5, 5.41) is 3.57. The summed E-state index contributed by atoms with van der Waals surface area (Å²) in [4.78, 5) is 26.7. The Kier molecular flexibility index (Phi) is 4.87. The number of carbonyl (C=O) groups is 2. The molecule has 2 amide bonds. The number of rotatable bonds is 4. The van der Waals surface area contributed by atoms with Crippen molar-refractivity contribution in [2.75, 3.05) is 18.0 Å². The van der Waals surface area contributed by atoms with Crippen LogP contribution in [0.2, 0.25) is 5.02 Å². The predicted molar refractivity (Wildman–Crippen MR) is 90.2 cm³/mol. The Morgan fingerprint density at radius 3 is 2.70 bits per heavy atom. The van der Waals surface area contributed by atoms with Gasteiger partial charge < -0.3 is 16.0 Å². The molecule has 1 saturated carbocycles. The molecule has 0 radical (unpaired) electrons. The second kappa shape index (κ2) is 6.89. The molecule has 3 N–H and O–H groups in total. The highest BCUT2D eigenvalue weighted by Crippen LogP contribution is 2.31. The molecule has 1 aromatic carbocycles. The largest absolute Gasteiger partial charge is 0.344 e. The van der Waals surface area contributed by atoms with Gasteiger partial charge in [0.05, 0.1) is 0 Å². The molecular formula is C17H22ClN3O2. The van der Waals surface area contributed by atoms with Gasteiger partial charge in [0.2, 0.25) is 11.8 Å². The van der Waals surface area contributed by atoms with Crippen LogP contribution in [0.1, 0.15) is 25.7 Å². The van der Waals surface area contributed by atoms with Crippen LogP contribution in [0.3, 0.4) is 0 Å². The van der Waals surface area contributed by atoms with Gasteiger partial charge in [0.15, 0.2) is 0 Å². The Bertz CT molecular complexity index is 590. The molecule has 1 aliphatic carbocycles. The number of hydrogen-bond acceptors (Lipinski definition) is 3. The summed E-state index contributed by atoms with van der Waals surface area (Å²) < 4.78 is 0. The normalized spacial score (nSPS) is 27.5. The van der Waals surface area contributed by atoms with Crippen LogP contribution in [0.5, 0.6) is 0 Å². The zero-order valence-corrected chi connectivity index (χ0v) is 13.8. The number of nitrogens with two attached hydrogens (primary N) is 1. The Morgan fingerprint density at radius 1 is 1.26 bits per heavy atom. The highest BCUT2D eigenvalue weighted by molar-refractivity contribution is 6.30. The van der Waals surface area contributed by atoms with Crippen molar-refractivity contribution in [3.05, 3.63) is 29.3 Å². The molecule has 23 heavy (non-hydrogen) atoms. The number of nitrogens with one attached hydrogen (secondary N) is 1. The lowest BCUT2D eigenvalue weighted by Crippen LogP contribution is -2.45. The summed E-state index contributed by atoms with van der Waals surface area (Å²) in [5.41, 5.74) is 6.56. The molecule has 5 nitrogen and oxygen atoms in total. The van der Waals surface area contributed by atoms with E-state index >= 15 is 0 Å². The van der Waals surface area contributed by atoms with Crippen LogP contribution in [0.4, 0.5) is 5.69 Å². The number of amides is 2. The van der Waals surface area contributed by atoms with Crippen molar-refractivity contribution in [1.29, 1.82) is 0 Å². The van der Waals surface area contributed by atoms with E-state index in [0.717, 1.165) is 24.9 Å². The fourth-order valence-electron chi connectivity index (χ4n) is 3.63. The molecule has 1 heterocycles. The lowest BCUT2D eigenvalue weighted by atomic mass is 9.95. The lowest BCUT2D eigenvalue weighted by molar-refractivity contribution is -0.129. The molecule has 1 unspecified atom stereocenters. The third-order valence-electron chi connectivity index (χ3n) is 4.96. The first-order valence-corrected chi connectivity index (χ1v) is 8.55. The summed E-state index contributed by atoms with van der Waals surface area (Å²) in [6.45, 7) is 1.14. The lowest BCUT2D eigenvalue weighted by Gasteiger charge is -2.21. The van der Waals surface area contributed by atoms with Crippen molar-refractivity contribution in [2.45, 2.75) is 31.7 Å². The minimum absolute atomic E-state index is 0.0192. The van der Waals surface area contributed by atoms with Crippen LogP contribution >= 0.6 is 11.6 Å². The second-order valence-electron chi connectivity index (χ2n) is 6.35. The monoisotopic (exact) mass is 335 g/mol. The molecule has 0 aromatic heterocycles. The SMILES string of the molecule is NC[C@H]1CCC[C@H]1C(=O)NC1CCN(c2ccc(Cl)cc2)C1=O. The molecule has 1 aromatic rings. The van der Waals surface area contributed by atoms with E-state index < -0.39 is 6.04 Å². The molecule has 3 atom stereocenters. The number of hydrogen-bond donors (Lipinski definition) is 2. The van der Waals surface area contributed by atoms with E-state index in [4.69, 9.17) is 17.3 Å². The molecule has 0 spiro atoms. The van der Waals surface area contributed by atoms with Crippen LogP contribution in [-0.2, 0) is 9.59 Å². The average molecular weight is 336 g/mol. The van der Waals surface area contributed by atoms with Crippen molar-refractivity contribution in [3.8, 4) is 0 Å². The molecule has 2 fully saturated rings. The van der Waals surface area contributed by atoms with Gasteiger partial charge in [-0.05, 0) is 56.0 Å². The molecule has 2 aliphatic rings. The van der Waals surface area contributed by atoms with Gasteiger partial charge in [-0.3, -0.25) is 9.59 Å². The maximum atomic E-state index is 12.5. The molecule has 124 valence electrons. The number of nitrogens with zero attached hydrogens (tertiary/aromatic N) is 1. The maximum absolute atomic E-state index is 12.5. The zero-order valence-electron chi connectivity index (χ0n) is 13.0. The first kappa shape index (κ1) is 16.3. The van der Waals surface area contributed by atoms with Crippen LogP contribution in [-0.4, -0.2) is 30.9 Å². The highest BCUT2D eigenvalue weighted by atomic mass is 35.5. The Balaban J connectivity index is 1.63. The van der Waals surface area contributed by atoms with E-state index in [9.17, 15) is 9.59 Å². The number of benzene rings is 1. The minimum Gasteiger partial charge on any atom is -0.344 e. The van der Waals surface area contributed by atoms with Gasteiger partial charge in [-0.1, -0.05) is 18.0 Å². The summed E-state index contributed by atoms with van der Waals surface area (Å²) in [6.07, 6.45) is 3.54. The summed E-state index contributed by atoms with van der Waals surface area (Å²) >= 11 is 5.88. The summed E-state index contributed by atoms with van der Waals surface area (Å²) in [6, 6.07) is 6.75. The number of anilines is 1. The standard InChI is InChI=1S/C17H22ClN3O2/c18-12-4-6-13(7-5-12)21-9-8-15(17(21)23)20-16(22)14-3-1-2-11(14)10-19/h4-7,11,14-15H,1-3,8-10,19H2,(H,20,22)/t11-,14-,15?/m1/s1. The average Bonchev–Trinajstić information content (AvgIpc) is 3.16. The predicted octanol–water partition coefficient (Wildman–Crippen LogP) is 1.94. The van der Waals surface area contributed by atoms with Crippen LogP contribution in [0, 0.1) is 11.8 Å². The Labute approximate surface area is 141 Å². The molecule has 1 aliphatic heterocycles. The van der Waals surface area contributed by atoms with Gasteiger partial charge in [-0.15, -0.1) is 0 Å². The van der Waals surface area contributed by atoms with Gasteiger partial charge in [0.1, 0.15) is 6.04 Å². The van der Waals surface area contributed by atoms with Crippen molar-refractivity contribution in [2.24, 2.45) is 17.6 Å². The fraction of sp³-hybridized carbons (Fsp3) is 0.529. The first-order valence-electron chi connectivity index (χ1n) is 8.17. The van der Waals surface area contributed by atoms with E-state index in [2.05, 4.69) is 5.32 Å². The molecule has 6 heteroatoms. The number of carbonyl (C=O) groups excluding carboxylic acids is 2. The quantitative estimate of drug-likeness (QED) is 0.883. The van der Waals surface area contributed by atoms with Crippen molar-refractivity contribution < 1.29 is 9.59 Å². The smallest absolute Gasteiger partial charge is 0.249 e. The van der Waals surface area contributed by atoms with Gasteiger partial charge >= 0.3 is 0 Å². The van der Waals surface area contributed by atoms with E-state index in [1.54, 1.807) is 17.0 Å². The zero-order chi connectivity index (χ0) is 16.4. The van der Waals surface area contributed by atoms with Gasteiger partial charge in [-0.2, -0.15) is 0 Å². The topological polar surface area (TPSA) is 75.4 Å². The number of halogens is 1. The second-order valence-corrected chi connectivity index (χ2v) is 6.79. The van der Waals surface area contributed by atoms with Gasteiger partial charge in [-0.25, -0.2) is 0 Å². The molecule has 3 rings (SSSR count). The first-order chi connectivity index (χ1) is 11.1. The minimum atomic E-state index is -0.433. The van der Waals surface area contributed by atoms with Gasteiger partial charge in [0.25, 0.3) is 0 Å². The molecular weight excluding hydrogens is 314 g/mol. The van der Waals surface area contributed by atoms with Crippen molar-refractivity contribution in [1.82, 2.24) is 5.32 Å². The van der Waals surface area contributed by atoms with Crippen molar-refractivity contribution in [3.63, 3.8) is 0 Å². The van der Waals surface area contributed by atoms with Crippen molar-refractivity contribution >= 4 is 29.1 Å². The maximum Gasteiger partial charge on any atom is 0.249 e. The van der Waals surface area contributed by atoms with Crippen LogP contribution in [0.25, 0.3) is 0 Å². The Hall–Kier alpha value is -1.59. The fourth-order valence-corrected chi connectivity index (χ4v) is 3.76. The van der Waals surface area contributed by atoms with Gasteiger partial charge in [0, 0.05) is 23.2 Å². The third kappa shape index (κ3) is 3.35. The van der Waals surface area contributed by atoms with E-state index in [1.165, 1.54) is 0 Å². The van der Waals surface area contributed by atoms with Crippen LogP contribution < -0.4 is 16.0 Å². The molecule has 1 saturated heterocycles. The van der Waals surface area contributed by atoms with E-state index in [-0.39, 0.29) is 23.7 Å². The Morgan fingerprint density at radius 2 is 2.00 bits per heavy atom. The summed E-state index contributed by atoms with van der Waals surface area (Å²) in [5.74, 6) is 0.133. The van der Waals surface area contributed by atoms with E-state index in [0.29, 0.717) is 24.5 Å². The highest BCUT2D eigenvalue weighted by Gasteiger charge is 2.37. The molecule has 0 bridgehead atoms. The van der Waals surface area contributed by atoms with E-state index in [1.807, 2.05) is 12.1 Å². The third-order valence-corrected chi connectivity index (χ3v) is 5.21. The summed E-state index contributed by atoms with van der Waals surface area (Å²) in [7, 11) is 0.